The Hall–Kier alpha value is -2.48. The largest absolute Gasteiger partial charge is 0.497 e. The Balaban J connectivity index is 1.75. The molecule has 1 aliphatic heterocycles. The van der Waals surface area contributed by atoms with E-state index in [1.165, 1.54) is 16.2 Å². The lowest BCUT2D eigenvalue weighted by Gasteiger charge is -2.16. The molecule has 24 heavy (non-hydrogen) atoms. The van der Waals surface area contributed by atoms with Gasteiger partial charge >= 0.3 is 5.97 Å². The van der Waals surface area contributed by atoms with Crippen LogP contribution in [0.4, 0.5) is 4.39 Å². The summed E-state index contributed by atoms with van der Waals surface area (Å²) in [5.74, 6) is -1.27. The maximum atomic E-state index is 14.1. The Bertz CT molecular complexity index is 777. The van der Waals surface area contributed by atoms with E-state index in [1.54, 1.807) is 24.6 Å². The van der Waals surface area contributed by atoms with E-state index >= 15 is 0 Å². The molecule has 1 amide bonds. The number of carboxylic acid groups (broad SMARTS) is 1. The summed E-state index contributed by atoms with van der Waals surface area (Å²) in [5, 5.41) is 11.2. The fourth-order valence-corrected chi connectivity index (χ4v) is 3.32. The number of rotatable bonds is 4. The highest BCUT2D eigenvalue weighted by Gasteiger charge is 2.47. The highest BCUT2D eigenvalue weighted by molar-refractivity contribution is 7.13. The van der Waals surface area contributed by atoms with E-state index in [0.29, 0.717) is 5.01 Å². The predicted octanol–water partition coefficient (Wildman–Crippen LogP) is 2.46. The van der Waals surface area contributed by atoms with Crippen LogP contribution >= 0.6 is 11.3 Å². The van der Waals surface area contributed by atoms with Crippen LogP contribution in [0.5, 0.6) is 5.75 Å². The van der Waals surface area contributed by atoms with Gasteiger partial charge in [0.25, 0.3) is 5.91 Å². The number of aliphatic carboxylic acids is 1. The van der Waals surface area contributed by atoms with E-state index < -0.39 is 24.1 Å². The molecule has 2 heterocycles. The number of amides is 1. The Labute approximate surface area is 141 Å². The van der Waals surface area contributed by atoms with Crippen molar-refractivity contribution in [2.45, 2.75) is 12.1 Å². The number of methoxy groups -OCH3 is 1. The number of hydrogen-bond donors (Lipinski definition) is 1. The first-order valence-electron chi connectivity index (χ1n) is 7.24. The average molecular weight is 350 g/mol. The van der Waals surface area contributed by atoms with Crippen molar-refractivity contribution in [1.82, 2.24) is 9.88 Å². The van der Waals surface area contributed by atoms with Gasteiger partial charge in [0.2, 0.25) is 5.67 Å². The number of halogens is 1. The number of thiazole rings is 1. The van der Waals surface area contributed by atoms with E-state index in [4.69, 9.17) is 9.84 Å². The molecule has 1 saturated heterocycles. The van der Waals surface area contributed by atoms with Crippen LogP contribution in [0.3, 0.4) is 0 Å². The van der Waals surface area contributed by atoms with Gasteiger partial charge in [0.05, 0.1) is 13.7 Å². The Morgan fingerprint density at radius 2 is 2.08 bits per heavy atom. The van der Waals surface area contributed by atoms with Crippen LogP contribution in [0, 0.1) is 0 Å². The second-order valence-electron chi connectivity index (χ2n) is 5.51. The summed E-state index contributed by atoms with van der Waals surface area (Å²) in [7, 11) is 1.58. The van der Waals surface area contributed by atoms with Gasteiger partial charge in [0, 0.05) is 23.9 Å². The third-order valence-electron chi connectivity index (χ3n) is 3.95. The number of aromatic nitrogens is 1. The normalized spacial score (nSPS) is 20.2. The third-order valence-corrected chi connectivity index (χ3v) is 4.84. The third kappa shape index (κ3) is 2.96. The Kier molecular flexibility index (Phi) is 4.23. The van der Waals surface area contributed by atoms with Crippen LogP contribution < -0.4 is 4.74 Å². The maximum absolute atomic E-state index is 14.1. The molecular formula is C16H15FN2O4S. The minimum absolute atomic E-state index is 0.0665. The summed E-state index contributed by atoms with van der Waals surface area (Å²) in [6, 6.07) is 7.25. The Morgan fingerprint density at radius 1 is 1.38 bits per heavy atom. The van der Waals surface area contributed by atoms with Gasteiger partial charge in [-0.05, 0) is 24.3 Å². The number of ether oxygens (including phenoxy) is 1. The van der Waals surface area contributed by atoms with Crippen molar-refractivity contribution in [3.05, 3.63) is 35.3 Å². The summed E-state index contributed by atoms with van der Waals surface area (Å²) in [6.07, 6.45) is -0.205. The van der Waals surface area contributed by atoms with E-state index in [0.717, 1.165) is 11.3 Å². The van der Waals surface area contributed by atoms with Crippen LogP contribution in [-0.4, -0.2) is 52.7 Å². The minimum atomic E-state index is -2.37. The summed E-state index contributed by atoms with van der Waals surface area (Å²) < 4.78 is 19.2. The topological polar surface area (TPSA) is 79.7 Å². The number of nitrogens with zero attached hydrogens (tertiary/aromatic N) is 2. The first kappa shape index (κ1) is 16.4. The van der Waals surface area contributed by atoms with E-state index in [-0.39, 0.29) is 18.7 Å². The zero-order valence-corrected chi connectivity index (χ0v) is 13.7. The number of hydrogen-bond acceptors (Lipinski definition) is 5. The summed E-state index contributed by atoms with van der Waals surface area (Å²) in [6.45, 7) is -0.381. The van der Waals surface area contributed by atoms with E-state index in [2.05, 4.69) is 4.98 Å². The van der Waals surface area contributed by atoms with Gasteiger partial charge in [-0.25, -0.2) is 14.2 Å². The fourth-order valence-electron chi connectivity index (χ4n) is 2.52. The predicted molar refractivity (Wildman–Crippen MR) is 86.1 cm³/mol. The maximum Gasteiger partial charge on any atom is 0.343 e. The van der Waals surface area contributed by atoms with Crippen molar-refractivity contribution in [3.8, 4) is 16.3 Å². The summed E-state index contributed by atoms with van der Waals surface area (Å²) in [5.41, 5.74) is -1.34. The van der Waals surface area contributed by atoms with Gasteiger partial charge in [-0.15, -0.1) is 11.3 Å². The van der Waals surface area contributed by atoms with Gasteiger partial charge in [-0.1, -0.05) is 0 Å². The number of carbonyl (C=O) groups is 2. The molecule has 1 aromatic carbocycles. The van der Waals surface area contributed by atoms with Crippen LogP contribution in [-0.2, 0) is 4.79 Å². The van der Waals surface area contributed by atoms with Gasteiger partial charge in [0.15, 0.2) is 0 Å². The van der Waals surface area contributed by atoms with Gasteiger partial charge in [-0.2, -0.15) is 0 Å². The highest BCUT2D eigenvalue weighted by atomic mass is 32.1. The van der Waals surface area contributed by atoms with Crippen LogP contribution in [0.2, 0.25) is 0 Å². The van der Waals surface area contributed by atoms with Crippen molar-refractivity contribution in [3.63, 3.8) is 0 Å². The fraction of sp³-hybridized carbons (Fsp3) is 0.312. The number of carboxylic acids is 1. The van der Waals surface area contributed by atoms with Crippen LogP contribution in [0.1, 0.15) is 16.9 Å². The molecular weight excluding hydrogens is 335 g/mol. The molecule has 1 aliphatic rings. The number of benzene rings is 1. The van der Waals surface area contributed by atoms with Crippen molar-refractivity contribution in [1.29, 1.82) is 0 Å². The molecule has 1 unspecified atom stereocenters. The standard InChI is InChI=1S/C16H15FN2O4S/c1-23-11-4-2-10(3-5-11)13-18-12(8-24-13)14(20)19-7-6-16(17,9-19)15(21)22/h2-5,8H,6-7,9H2,1H3,(H,21,22). The molecule has 0 bridgehead atoms. The second-order valence-corrected chi connectivity index (χ2v) is 6.37. The van der Waals surface area contributed by atoms with Crippen molar-refractivity contribution >= 4 is 23.2 Å². The lowest BCUT2D eigenvalue weighted by atomic mass is 10.1. The zero-order chi connectivity index (χ0) is 17.3. The van der Waals surface area contributed by atoms with Gasteiger partial charge < -0.3 is 14.7 Å². The van der Waals surface area contributed by atoms with Crippen molar-refractivity contribution in [2.24, 2.45) is 0 Å². The molecule has 0 radical (unpaired) electrons. The monoisotopic (exact) mass is 350 g/mol. The highest BCUT2D eigenvalue weighted by Crippen LogP contribution is 2.29. The first-order valence-corrected chi connectivity index (χ1v) is 8.12. The van der Waals surface area contributed by atoms with E-state index in [1.807, 2.05) is 12.1 Å². The molecule has 0 aliphatic carbocycles. The lowest BCUT2D eigenvalue weighted by molar-refractivity contribution is -0.149. The summed E-state index contributed by atoms with van der Waals surface area (Å²) in [4.78, 5) is 28.8. The van der Waals surface area contributed by atoms with Crippen molar-refractivity contribution < 1.29 is 23.8 Å². The second kappa shape index (κ2) is 6.20. The molecule has 3 rings (SSSR count). The molecule has 1 N–H and O–H groups in total. The molecule has 6 nitrogen and oxygen atoms in total. The molecule has 0 spiro atoms. The quantitative estimate of drug-likeness (QED) is 0.916. The molecule has 1 fully saturated rings. The molecule has 1 aromatic heterocycles. The Morgan fingerprint density at radius 3 is 2.67 bits per heavy atom. The average Bonchev–Trinajstić information content (AvgIpc) is 3.22. The van der Waals surface area contributed by atoms with Gasteiger partial charge in [-0.3, -0.25) is 4.79 Å². The van der Waals surface area contributed by atoms with Gasteiger partial charge in [0.1, 0.15) is 16.5 Å². The number of alkyl halides is 1. The summed E-state index contributed by atoms with van der Waals surface area (Å²) >= 11 is 1.30. The molecule has 0 saturated carbocycles. The SMILES string of the molecule is COc1ccc(-c2nc(C(=O)N3CCC(F)(C(=O)O)C3)cs2)cc1. The smallest absolute Gasteiger partial charge is 0.343 e. The minimum Gasteiger partial charge on any atom is -0.497 e. The molecule has 8 heteroatoms. The molecule has 126 valence electrons. The van der Waals surface area contributed by atoms with E-state index in [9.17, 15) is 14.0 Å². The molecule has 1 atom stereocenters. The number of likely N-dealkylation sites (tertiary alicyclic amines) is 1. The zero-order valence-electron chi connectivity index (χ0n) is 12.9. The van der Waals surface area contributed by atoms with Crippen LogP contribution in [0.25, 0.3) is 10.6 Å². The van der Waals surface area contributed by atoms with Crippen LogP contribution in [0.15, 0.2) is 29.6 Å². The first-order chi connectivity index (χ1) is 11.4. The lowest BCUT2D eigenvalue weighted by Crippen LogP contribution is -2.39. The van der Waals surface area contributed by atoms with Crippen molar-refractivity contribution in [2.75, 3.05) is 20.2 Å². The molecule has 2 aromatic rings. The number of carbonyl (C=O) groups excluding carboxylic acids is 1.